The fourth-order valence-corrected chi connectivity index (χ4v) is 1.62. The minimum atomic E-state index is -0.0531. The van der Waals surface area contributed by atoms with E-state index in [-0.39, 0.29) is 6.04 Å². The molecule has 1 unspecified atom stereocenters. The van der Waals surface area contributed by atoms with Crippen LogP contribution < -0.4 is 10.5 Å². The molecular weight excluding hydrogens is 216 g/mol. The largest absolute Gasteiger partial charge is 0.485 e. The monoisotopic (exact) mass is 232 g/mol. The number of nitrogens with two attached hydrogens (primary N) is 1. The van der Waals surface area contributed by atoms with Crippen LogP contribution in [0.25, 0.3) is 0 Å². The van der Waals surface area contributed by atoms with Crippen LogP contribution in [0, 0.1) is 6.92 Å². The van der Waals surface area contributed by atoms with Crippen molar-refractivity contribution < 1.29 is 9.26 Å². The van der Waals surface area contributed by atoms with E-state index in [1.54, 1.807) is 0 Å². The Bertz CT molecular complexity index is 492. The lowest BCUT2D eigenvalue weighted by Crippen LogP contribution is -2.07. The molecule has 2 aromatic rings. The van der Waals surface area contributed by atoms with Gasteiger partial charge in [0.15, 0.2) is 5.76 Å². The summed E-state index contributed by atoms with van der Waals surface area (Å²) in [6.07, 6.45) is 0. The van der Waals surface area contributed by atoms with Crippen LogP contribution in [0.1, 0.15) is 30.0 Å². The number of nitrogens with zero attached hydrogens (tertiary/aromatic N) is 1. The summed E-state index contributed by atoms with van der Waals surface area (Å²) in [5, 5.41) is 3.81. The van der Waals surface area contributed by atoms with Gasteiger partial charge in [-0.1, -0.05) is 23.4 Å². The molecule has 4 nitrogen and oxygen atoms in total. The number of aromatic nitrogens is 1. The molecule has 4 heteroatoms. The van der Waals surface area contributed by atoms with Crippen molar-refractivity contribution in [3.63, 3.8) is 0 Å². The van der Waals surface area contributed by atoms with Crippen LogP contribution in [-0.4, -0.2) is 5.16 Å². The van der Waals surface area contributed by atoms with Gasteiger partial charge in [0, 0.05) is 17.7 Å². The van der Waals surface area contributed by atoms with Crippen molar-refractivity contribution in [3.8, 4) is 5.75 Å². The average Bonchev–Trinajstić information content (AvgIpc) is 2.73. The molecule has 0 radical (unpaired) electrons. The maximum Gasteiger partial charge on any atom is 0.174 e. The first-order chi connectivity index (χ1) is 8.16. The zero-order valence-electron chi connectivity index (χ0n) is 10.0. The van der Waals surface area contributed by atoms with Gasteiger partial charge in [0.1, 0.15) is 12.4 Å². The fraction of sp³-hybridized carbons (Fsp3) is 0.308. The quantitative estimate of drug-likeness (QED) is 0.880. The highest BCUT2D eigenvalue weighted by molar-refractivity contribution is 5.35. The Morgan fingerprint density at radius 2 is 2.18 bits per heavy atom. The van der Waals surface area contributed by atoms with Gasteiger partial charge in [-0.25, -0.2) is 0 Å². The Balaban J connectivity index is 2.08. The van der Waals surface area contributed by atoms with Crippen LogP contribution in [0.3, 0.4) is 0 Å². The molecule has 0 fully saturated rings. The minimum absolute atomic E-state index is 0.0531. The smallest absolute Gasteiger partial charge is 0.174 e. The van der Waals surface area contributed by atoms with Crippen LogP contribution in [-0.2, 0) is 6.61 Å². The molecular formula is C13H16N2O2. The van der Waals surface area contributed by atoms with Crippen molar-refractivity contribution >= 4 is 0 Å². The molecule has 0 aliphatic rings. The summed E-state index contributed by atoms with van der Waals surface area (Å²) < 4.78 is 10.8. The second-order valence-electron chi connectivity index (χ2n) is 4.05. The number of rotatable bonds is 4. The molecule has 17 heavy (non-hydrogen) atoms. The molecule has 1 heterocycles. The maximum absolute atomic E-state index is 5.87. The first kappa shape index (κ1) is 11.7. The highest BCUT2D eigenvalue weighted by Crippen LogP contribution is 2.24. The summed E-state index contributed by atoms with van der Waals surface area (Å²) in [5.41, 5.74) is 7.71. The topological polar surface area (TPSA) is 61.3 Å². The Hall–Kier alpha value is -1.81. The Kier molecular flexibility index (Phi) is 3.44. The number of aryl methyl sites for hydroxylation is 1. The predicted octanol–water partition coefficient (Wildman–Crippen LogP) is 2.58. The van der Waals surface area contributed by atoms with E-state index in [1.807, 2.05) is 44.2 Å². The summed E-state index contributed by atoms with van der Waals surface area (Å²) in [6, 6.07) is 9.54. The lowest BCUT2D eigenvalue weighted by Gasteiger charge is -2.12. The van der Waals surface area contributed by atoms with Crippen LogP contribution in [0.4, 0.5) is 0 Å². The molecule has 2 N–H and O–H groups in total. The van der Waals surface area contributed by atoms with E-state index < -0.39 is 0 Å². The lowest BCUT2D eigenvalue weighted by atomic mass is 10.1. The van der Waals surface area contributed by atoms with E-state index in [4.69, 9.17) is 15.0 Å². The van der Waals surface area contributed by atoms with E-state index in [0.717, 1.165) is 17.0 Å². The third-order valence-electron chi connectivity index (χ3n) is 2.46. The molecule has 0 amide bonds. The zero-order chi connectivity index (χ0) is 12.3. The SMILES string of the molecule is Cc1cc(COc2ccccc2C(C)N)on1. The molecule has 0 saturated heterocycles. The molecule has 0 saturated carbocycles. The van der Waals surface area contributed by atoms with Crippen molar-refractivity contribution in [3.05, 3.63) is 47.3 Å². The predicted molar refractivity (Wildman–Crippen MR) is 64.6 cm³/mol. The van der Waals surface area contributed by atoms with E-state index in [2.05, 4.69) is 5.16 Å². The molecule has 1 atom stereocenters. The summed E-state index contributed by atoms with van der Waals surface area (Å²) in [6.45, 7) is 4.17. The highest BCUT2D eigenvalue weighted by atomic mass is 16.5. The van der Waals surface area contributed by atoms with Crippen LogP contribution >= 0.6 is 0 Å². The Morgan fingerprint density at radius 1 is 1.41 bits per heavy atom. The van der Waals surface area contributed by atoms with Gasteiger partial charge in [0.2, 0.25) is 0 Å². The van der Waals surface area contributed by atoms with E-state index in [9.17, 15) is 0 Å². The summed E-state index contributed by atoms with van der Waals surface area (Å²) in [4.78, 5) is 0. The van der Waals surface area contributed by atoms with Crippen LogP contribution in [0.15, 0.2) is 34.9 Å². The fourth-order valence-electron chi connectivity index (χ4n) is 1.62. The normalized spacial score (nSPS) is 12.4. The molecule has 1 aromatic heterocycles. The maximum atomic E-state index is 5.87. The number of para-hydroxylation sites is 1. The van der Waals surface area contributed by atoms with Crippen molar-refractivity contribution in [1.82, 2.24) is 5.16 Å². The first-order valence-corrected chi connectivity index (χ1v) is 5.56. The Labute approximate surface area is 100 Å². The summed E-state index contributed by atoms with van der Waals surface area (Å²) >= 11 is 0. The van der Waals surface area contributed by atoms with Crippen molar-refractivity contribution in [2.75, 3.05) is 0 Å². The van der Waals surface area contributed by atoms with Crippen molar-refractivity contribution in [1.29, 1.82) is 0 Å². The number of ether oxygens (including phenoxy) is 1. The molecule has 0 aliphatic carbocycles. The van der Waals surface area contributed by atoms with Crippen LogP contribution in [0.5, 0.6) is 5.75 Å². The Morgan fingerprint density at radius 3 is 2.82 bits per heavy atom. The zero-order valence-corrected chi connectivity index (χ0v) is 10.0. The average molecular weight is 232 g/mol. The standard InChI is InChI=1S/C13H16N2O2/c1-9-7-11(17-15-9)8-16-13-6-4-3-5-12(13)10(2)14/h3-7,10H,8,14H2,1-2H3. The van der Waals surface area contributed by atoms with E-state index in [1.165, 1.54) is 0 Å². The molecule has 0 aliphatic heterocycles. The van der Waals surface area contributed by atoms with Gasteiger partial charge in [-0.15, -0.1) is 0 Å². The van der Waals surface area contributed by atoms with Gasteiger partial charge in [-0.05, 0) is 19.9 Å². The summed E-state index contributed by atoms with van der Waals surface area (Å²) in [5.74, 6) is 1.50. The van der Waals surface area contributed by atoms with Gasteiger partial charge in [-0.2, -0.15) is 0 Å². The van der Waals surface area contributed by atoms with Gasteiger partial charge < -0.3 is 15.0 Å². The number of hydrogen-bond acceptors (Lipinski definition) is 4. The number of hydrogen-bond donors (Lipinski definition) is 1. The van der Waals surface area contributed by atoms with E-state index >= 15 is 0 Å². The lowest BCUT2D eigenvalue weighted by molar-refractivity contribution is 0.246. The number of benzene rings is 1. The highest BCUT2D eigenvalue weighted by Gasteiger charge is 2.08. The van der Waals surface area contributed by atoms with Crippen molar-refractivity contribution in [2.24, 2.45) is 5.73 Å². The third-order valence-corrected chi connectivity index (χ3v) is 2.46. The first-order valence-electron chi connectivity index (χ1n) is 5.56. The second kappa shape index (κ2) is 5.01. The molecule has 2 rings (SSSR count). The molecule has 90 valence electrons. The van der Waals surface area contributed by atoms with Crippen LogP contribution in [0.2, 0.25) is 0 Å². The molecule has 0 spiro atoms. The molecule has 1 aromatic carbocycles. The minimum Gasteiger partial charge on any atom is -0.485 e. The second-order valence-corrected chi connectivity index (χ2v) is 4.05. The van der Waals surface area contributed by atoms with Crippen molar-refractivity contribution in [2.45, 2.75) is 26.5 Å². The van der Waals surface area contributed by atoms with E-state index in [0.29, 0.717) is 12.4 Å². The molecule has 0 bridgehead atoms. The third kappa shape index (κ3) is 2.85. The summed E-state index contributed by atoms with van der Waals surface area (Å²) in [7, 11) is 0. The van der Waals surface area contributed by atoms with Gasteiger partial charge in [0.25, 0.3) is 0 Å². The van der Waals surface area contributed by atoms with Gasteiger partial charge in [-0.3, -0.25) is 0 Å². The van der Waals surface area contributed by atoms with Gasteiger partial charge >= 0.3 is 0 Å². The van der Waals surface area contributed by atoms with Gasteiger partial charge in [0.05, 0.1) is 5.69 Å².